The van der Waals surface area contributed by atoms with Crippen LogP contribution in [0.3, 0.4) is 0 Å². The van der Waals surface area contributed by atoms with Crippen LogP contribution in [0.2, 0.25) is 0 Å². The zero-order valence-corrected chi connectivity index (χ0v) is 13.1. The van der Waals surface area contributed by atoms with Gasteiger partial charge in [0.15, 0.2) is 17.6 Å². The van der Waals surface area contributed by atoms with E-state index in [9.17, 15) is 4.79 Å². The van der Waals surface area contributed by atoms with Gasteiger partial charge in [0.1, 0.15) is 0 Å². The minimum Gasteiger partial charge on any atom is -0.493 e. The lowest BCUT2D eigenvalue weighted by molar-refractivity contribution is -0.122. The van der Waals surface area contributed by atoms with Gasteiger partial charge >= 0.3 is 0 Å². The van der Waals surface area contributed by atoms with Crippen LogP contribution in [0.25, 0.3) is 0 Å². The number of nitrogens with one attached hydrogen (secondary N) is 1. The lowest BCUT2D eigenvalue weighted by atomic mass is 10.1. The van der Waals surface area contributed by atoms with Gasteiger partial charge in [0.05, 0.1) is 7.11 Å². The third-order valence-electron chi connectivity index (χ3n) is 3.37. The summed E-state index contributed by atoms with van der Waals surface area (Å²) in [4.78, 5) is 12.2. The number of carbonyl (C=O) groups excluding carboxylic acids is 1. The van der Waals surface area contributed by atoms with E-state index < -0.39 is 6.10 Å². The van der Waals surface area contributed by atoms with Crippen molar-refractivity contribution in [2.75, 3.05) is 12.4 Å². The van der Waals surface area contributed by atoms with Crippen molar-refractivity contribution in [3.05, 3.63) is 54.1 Å². The fourth-order valence-electron chi connectivity index (χ4n) is 2.03. The Morgan fingerprint density at radius 1 is 1.09 bits per heavy atom. The minimum absolute atomic E-state index is 0.199. The van der Waals surface area contributed by atoms with Crippen LogP contribution < -0.4 is 14.8 Å². The van der Waals surface area contributed by atoms with Crippen LogP contribution in [-0.2, 0) is 11.2 Å². The number of rotatable bonds is 6. The normalized spacial score (nSPS) is 11.6. The van der Waals surface area contributed by atoms with Crippen LogP contribution in [0.5, 0.6) is 11.5 Å². The molecule has 1 N–H and O–H groups in total. The average molecular weight is 299 g/mol. The first kappa shape index (κ1) is 15.9. The van der Waals surface area contributed by atoms with E-state index in [1.165, 1.54) is 5.56 Å². The Hall–Kier alpha value is -2.49. The fourth-order valence-corrected chi connectivity index (χ4v) is 2.03. The summed E-state index contributed by atoms with van der Waals surface area (Å²) in [5.74, 6) is 0.957. The molecule has 0 aromatic heterocycles. The van der Waals surface area contributed by atoms with E-state index in [1.54, 1.807) is 26.2 Å². The van der Waals surface area contributed by atoms with Crippen molar-refractivity contribution < 1.29 is 14.3 Å². The zero-order valence-electron chi connectivity index (χ0n) is 13.1. The molecule has 2 rings (SSSR count). The fraction of sp³-hybridized carbons (Fsp3) is 0.278. The van der Waals surface area contributed by atoms with E-state index in [4.69, 9.17) is 9.47 Å². The highest BCUT2D eigenvalue weighted by atomic mass is 16.5. The van der Waals surface area contributed by atoms with Crippen molar-refractivity contribution in [3.63, 3.8) is 0 Å². The number of amides is 1. The summed E-state index contributed by atoms with van der Waals surface area (Å²) < 4.78 is 10.9. The van der Waals surface area contributed by atoms with Gasteiger partial charge in [-0.15, -0.1) is 0 Å². The number of hydrogen-bond acceptors (Lipinski definition) is 3. The zero-order chi connectivity index (χ0) is 15.9. The Balaban J connectivity index is 1.99. The summed E-state index contributed by atoms with van der Waals surface area (Å²) >= 11 is 0. The third kappa shape index (κ3) is 4.01. The highest BCUT2D eigenvalue weighted by molar-refractivity contribution is 5.94. The number of methoxy groups -OCH3 is 1. The van der Waals surface area contributed by atoms with Crippen LogP contribution in [-0.4, -0.2) is 19.1 Å². The third-order valence-corrected chi connectivity index (χ3v) is 3.37. The number of aryl methyl sites for hydroxylation is 1. The predicted octanol–water partition coefficient (Wildman–Crippen LogP) is 3.66. The second kappa shape index (κ2) is 7.50. The van der Waals surface area contributed by atoms with Crippen molar-refractivity contribution in [1.29, 1.82) is 0 Å². The molecule has 22 heavy (non-hydrogen) atoms. The number of anilines is 1. The first-order valence-electron chi connectivity index (χ1n) is 7.33. The van der Waals surface area contributed by atoms with Crippen LogP contribution in [0.1, 0.15) is 19.4 Å². The molecular formula is C18H21NO3. The summed E-state index contributed by atoms with van der Waals surface area (Å²) in [6, 6.07) is 15.1. The molecule has 1 atom stereocenters. The van der Waals surface area contributed by atoms with Gasteiger partial charge in [0.2, 0.25) is 0 Å². The van der Waals surface area contributed by atoms with Crippen molar-refractivity contribution in [2.24, 2.45) is 0 Å². The monoisotopic (exact) mass is 299 g/mol. The smallest absolute Gasteiger partial charge is 0.265 e. The number of para-hydroxylation sites is 2. The second-order valence-corrected chi connectivity index (χ2v) is 4.95. The Labute approximate surface area is 131 Å². The molecule has 4 heteroatoms. The molecule has 0 aliphatic rings. The highest BCUT2D eigenvalue weighted by Crippen LogP contribution is 2.27. The van der Waals surface area contributed by atoms with Gasteiger partial charge < -0.3 is 14.8 Å². The van der Waals surface area contributed by atoms with Crippen molar-refractivity contribution >= 4 is 11.6 Å². The molecule has 0 radical (unpaired) electrons. The maximum Gasteiger partial charge on any atom is 0.265 e. The molecule has 4 nitrogen and oxygen atoms in total. The molecule has 116 valence electrons. The molecule has 0 fully saturated rings. The Morgan fingerprint density at radius 2 is 1.73 bits per heavy atom. The van der Waals surface area contributed by atoms with Gasteiger partial charge in [-0.2, -0.15) is 0 Å². The van der Waals surface area contributed by atoms with E-state index in [0.717, 1.165) is 12.1 Å². The first-order valence-corrected chi connectivity index (χ1v) is 7.33. The molecule has 0 bridgehead atoms. The highest BCUT2D eigenvalue weighted by Gasteiger charge is 2.16. The topological polar surface area (TPSA) is 47.6 Å². The molecular weight excluding hydrogens is 278 g/mol. The molecule has 2 aromatic carbocycles. The van der Waals surface area contributed by atoms with E-state index in [1.807, 2.05) is 36.4 Å². The molecule has 0 aliphatic heterocycles. The Morgan fingerprint density at radius 3 is 2.32 bits per heavy atom. The van der Waals surface area contributed by atoms with Crippen LogP contribution in [0.4, 0.5) is 5.69 Å². The van der Waals surface area contributed by atoms with Crippen LogP contribution in [0.15, 0.2) is 48.5 Å². The second-order valence-electron chi connectivity index (χ2n) is 4.95. The van der Waals surface area contributed by atoms with Crippen LogP contribution >= 0.6 is 0 Å². The molecule has 0 unspecified atom stereocenters. The van der Waals surface area contributed by atoms with Gasteiger partial charge in [0, 0.05) is 5.69 Å². The lowest BCUT2D eigenvalue weighted by Crippen LogP contribution is -2.30. The maximum absolute atomic E-state index is 12.2. The molecule has 2 aromatic rings. The quantitative estimate of drug-likeness (QED) is 0.885. The largest absolute Gasteiger partial charge is 0.493 e. The summed E-state index contributed by atoms with van der Waals surface area (Å²) in [5.41, 5.74) is 1.99. The van der Waals surface area contributed by atoms with Crippen molar-refractivity contribution in [3.8, 4) is 11.5 Å². The van der Waals surface area contributed by atoms with Gasteiger partial charge in [-0.25, -0.2) is 0 Å². The number of ether oxygens (including phenoxy) is 2. The van der Waals surface area contributed by atoms with Gasteiger partial charge in [-0.05, 0) is 43.2 Å². The molecule has 0 spiro atoms. The van der Waals surface area contributed by atoms with Gasteiger partial charge in [-0.1, -0.05) is 31.2 Å². The average Bonchev–Trinajstić information content (AvgIpc) is 2.56. The molecule has 0 saturated carbocycles. The standard InChI is InChI=1S/C18H21NO3/c1-4-14-9-11-15(12-10-14)19-18(20)13(2)22-17-8-6-5-7-16(17)21-3/h5-13H,4H2,1-3H3,(H,19,20)/t13-/m0/s1. The molecule has 0 heterocycles. The summed E-state index contributed by atoms with van der Waals surface area (Å²) in [6.45, 7) is 3.80. The number of carbonyl (C=O) groups is 1. The molecule has 1 amide bonds. The van der Waals surface area contributed by atoms with E-state index in [2.05, 4.69) is 12.2 Å². The summed E-state index contributed by atoms with van der Waals surface area (Å²) in [5, 5.41) is 2.85. The lowest BCUT2D eigenvalue weighted by Gasteiger charge is -2.16. The first-order chi connectivity index (χ1) is 10.6. The van der Waals surface area contributed by atoms with Gasteiger partial charge in [0.25, 0.3) is 5.91 Å². The van der Waals surface area contributed by atoms with Gasteiger partial charge in [-0.3, -0.25) is 4.79 Å². The molecule has 0 aliphatic carbocycles. The Bertz CT molecular complexity index is 622. The summed E-state index contributed by atoms with van der Waals surface area (Å²) in [7, 11) is 1.57. The SMILES string of the molecule is CCc1ccc(NC(=O)[C@H](C)Oc2ccccc2OC)cc1. The van der Waals surface area contributed by atoms with Crippen molar-refractivity contribution in [1.82, 2.24) is 0 Å². The number of benzene rings is 2. The van der Waals surface area contributed by atoms with E-state index in [0.29, 0.717) is 11.5 Å². The van der Waals surface area contributed by atoms with E-state index >= 15 is 0 Å². The summed E-state index contributed by atoms with van der Waals surface area (Å²) in [6.07, 6.45) is 0.351. The maximum atomic E-state index is 12.2. The molecule has 0 saturated heterocycles. The number of hydrogen-bond donors (Lipinski definition) is 1. The minimum atomic E-state index is -0.623. The Kier molecular flexibility index (Phi) is 5.42. The van der Waals surface area contributed by atoms with E-state index in [-0.39, 0.29) is 5.91 Å². The van der Waals surface area contributed by atoms with Crippen LogP contribution in [0, 0.1) is 0 Å². The predicted molar refractivity (Wildman–Crippen MR) is 87.5 cm³/mol. The van der Waals surface area contributed by atoms with Crippen molar-refractivity contribution in [2.45, 2.75) is 26.4 Å².